The third kappa shape index (κ3) is 6.00. The summed E-state index contributed by atoms with van der Waals surface area (Å²) in [6.07, 6.45) is 1.05. The topological polar surface area (TPSA) is 44.8 Å². The van der Waals surface area contributed by atoms with Crippen molar-refractivity contribution in [3.05, 3.63) is 0 Å². The number of carbonyl (C=O) groups excluding carboxylic acids is 1. The predicted octanol–water partition coefficient (Wildman–Crippen LogP) is -0.223. The van der Waals surface area contributed by atoms with Gasteiger partial charge >= 0.3 is 0 Å². The van der Waals surface area contributed by atoms with E-state index in [1.807, 2.05) is 23.8 Å². The average Bonchev–Trinajstić information content (AvgIpc) is 2.57. The first-order valence-corrected chi connectivity index (χ1v) is 6.48. The van der Waals surface area contributed by atoms with Crippen molar-refractivity contribution < 1.29 is 9.53 Å². The van der Waals surface area contributed by atoms with Gasteiger partial charge in [0.05, 0.1) is 13.2 Å². The summed E-state index contributed by atoms with van der Waals surface area (Å²) < 4.78 is 5.27. The second-order valence-corrected chi connectivity index (χ2v) is 4.42. The van der Waals surface area contributed by atoms with E-state index < -0.39 is 0 Å². The number of rotatable bonds is 6. The Balaban J connectivity index is 2.21. The van der Waals surface area contributed by atoms with Gasteiger partial charge in [-0.25, -0.2) is 0 Å². The van der Waals surface area contributed by atoms with Crippen LogP contribution >= 0.6 is 0 Å². The Kier molecular flexibility index (Phi) is 7.16. The maximum Gasteiger partial charge on any atom is 0.236 e. The molecule has 1 saturated heterocycles. The van der Waals surface area contributed by atoms with E-state index in [9.17, 15) is 4.79 Å². The minimum Gasteiger partial charge on any atom is -0.380 e. The number of carbonyl (C=O) groups is 1. The van der Waals surface area contributed by atoms with Crippen LogP contribution in [0, 0.1) is 0 Å². The molecule has 0 aromatic rings. The van der Waals surface area contributed by atoms with Crippen LogP contribution in [-0.2, 0) is 9.53 Å². The second-order valence-electron chi connectivity index (χ2n) is 4.42. The molecule has 0 spiro atoms. The molecule has 5 nitrogen and oxygen atoms in total. The van der Waals surface area contributed by atoms with Gasteiger partial charge in [0.25, 0.3) is 0 Å². The van der Waals surface area contributed by atoms with Gasteiger partial charge in [-0.05, 0) is 26.9 Å². The fourth-order valence-corrected chi connectivity index (χ4v) is 1.87. The van der Waals surface area contributed by atoms with Crippen LogP contribution in [0.5, 0.6) is 0 Å². The highest BCUT2D eigenvalue weighted by Gasteiger charge is 2.16. The van der Waals surface area contributed by atoms with E-state index in [0.29, 0.717) is 13.2 Å². The Morgan fingerprint density at radius 1 is 1.41 bits per heavy atom. The van der Waals surface area contributed by atoms with Crippen molar-refractivity contribution >= 4 is 5.91 Å². The maximum absolute atomic E-state index is 12.0. The Morgan fingerprint density at radius 3 is 3.00 bits per heavy atom. The first-order chi connectivity index (χ1) is 8.24. The summed E-state index contributed by atoms with van der Waals surface area (Å²) in [5.41, 5.74) is 0. The van der Waals surface area contributed by atoms with E-state index in [1.54, 1.807) is 0 Å². The van der Waals surface area contributed by atoms with Gasteiger partial charge in [-0.2, -0.15) is 0 Å². The minimum absolute atomic E-state index is 0.229. The van der Waals surface area contributed by atoms with E-state index in [1.165, 1.54) is 0 Å². The molecule has 1 amide bonds. The molecule has 100 valence electrons. The monoisotopic (exact) mass is 243 g/mol. The third-order valence-electron chi connectivity index (χ3n) is 2.92. The lowest BCUT2D eigenvalue weighted by molar-refractivity contribution is -0.132. The van der Waals surface area contributed by atoms with Crippen molar-refractivity contribution in [2.75, 3.05) is 59.5 Å². The lowest BCUT2D eigenvalue weighted by atomic mass is 10.3. The van der Waals surface area contributed by atoms with Crippen LogP contribution in [0.1, 0.15) is 13.3 Å². The molecular formula is C12H25N3O2. The number of nitrogens with one attached hydrogen (secondary N) is 1. The summed E-state index contributed by atoms with van der Waals surface area (Å²) in [4.78, 5) is 16.0. The number of hydrogen-bond donors (Lipinski definition) is 1. The Bertz CT molecular complexity index is 216. The van der Waals surface area contributed by atoms with Crippen molar-refractivity contribution in [3.63, 3.8) is 0 Å². The molecule has 0 saturated carbocycles. The zero-order valence-corrected chi connectivity index (χ0v) is 11.1. The molecule has 0 unspecified atom stereocenters. The molecule has 1 fully saturated rings. The van der Waals surface area contributed by atoms with Gasteiger partial charge in [-0.15, -0.1) is 0 Å². The van der Waals surface area contributed by atoms with Crippen molar-refractivity contribution in [3.8, 4) is 0 Å². The quantitative estimate of drug-likeness (QED) is 0.655. The summed E-state index contributed by atoms with van der Waals surface area (Å²) in [5, 5.41) is 3.30. The summed E-state index contributed by atoms with van der Waals surface area (Å²) in [7, 11) is 1.97. The lowest BCUT2D eigenvalue weighted by Crippen LogP contribution is -2.41. The molecule has 0 aromatic heterocycles. The molecule has 5 heteroatoms. The van der Waals surface area contributed by atoms with Crippen molar-refractivity contribution in [2.45, 2.75) is 13.3 Å². The van der Waals surface area contributed by atoms with Gasteiger partial charge in [-0.1, -0.05) is 0 Å². The summed E-state index contributed by atoms with van der Waals surface area (Å²) in [6, 6.07) is 0. The summed E-state index contributed by atoms with van der Waals surface area (Å²) in [5.74, 6) is 0.229. The molecule has 1 N–H and O–H groups in total. The summed E-state index contributed by atoms with van der Waals surface area (Å²) >= 11 is 0. The Morgan fingerprint density at radius 2 is 2.24 bits per heavy atom. The fraction of sp³-hybridized carbons (Fsp3) is 0.917. The normalized spacial score (nSPS) is 17.2. The van der Waals surface area contributed by atoms with E-state index in [4.69, 9.17) is 4.74 Å². The van der Waals surface area contributed by atoms with Crippen molar-refractivity contribution in [2.24, 2.45) is 0 Å². The molecule has 1 rings (SSSR count). The van der Waals surface area contributed by atoms with Crippen LogP contribution in [0.4, 0.5) is 0 Å². The van der Waals surface area contributed by atoms with Gasteiger partial charge < -0.3 is 15.0 Å². The molecule has 1 aliphatic rings. The van der Waals surface area contributed by atoms with E-state index in [2.05, 4.69) is 5.32 Å². The molecular weight excluding hydrogens is 218 g/mol. The number of ether oxygens (including phenoxy) is 1. The van der Waals surface area contributed by atoms with Gasteiger partial charge in [0.15, 0.2) is 0 Å². The molecule has 0 atom stereocenters. The molecule has 1 aliphatic heterocycles. The smallest absolute Gasteiger partial charge is 0.236 e. The lowest BCUT2D eigenvalue weighted by Gasteiger charge is -2.23. The Labute approximate surface area is 104 Å². The highest BCUT2D eigenvalue weighted by Crippen LogP contribution is 1.97. The predicted molar refractivity (Wildman–Crippen MR) is 68.1 cm³/mol. The number of hydrogen-bond acceptors (Lipinski definition) is 4. The first-order valence-electron chi connectivity index (χ1n) is 6.48. The second kappa shape index (κ2) is 8.44. The third-order valence-corrected chi connectivity index (χ3v) is 2.92. The van der Waals surface area contributed by atoms with Gasteiger partial charge in [0.1, 0.15) is 0 Å². The van der Waals surface area contributed by atoms with E-state index >= 15 is 0 Å². The highest BCUT2D eigenvalue weighted by atomic mass is 16.5. The summed E-state index contributed by atoms with van der Waals surface area (Å²) in [6.45, 7) is 8.36. The Hall–Kier alpha value is -0.650. The van der Waals surface area contributed by atoms with Crippen LogP contribution in [-0.4, -0.2) is 75.2 Å². The van der Waals surface area contributed by atoms with E-state index in [-0.39, 0.29) is 5.91 Å². The van der Waals surface area contributed by atoms with Gasteiger partial charge in [-0.3, -0.25) is 9.69 Å². The molecule has 1 heterocycles. The van der Waals surface area contributed by atoms with Crippen LogP contribution in [0.2, 0.25) is 0 Å². The first kappa shape index (κ1) is 14.4. The van der Waals surface area contributed by atoms with Crippen LogP contribution in [0.25, 0.3) is 0 Å². The van der Waals surface area contributed by atoms with Gasteiger partial charge in [0.2, 0.25) is 5.91 Å². The number of amides is 1. The standard InChI is InChI=1S/C12H25N3O2/c1-3-17-10-9-14(2)11-12(16)15-7-4-5-13-6-8-15/h13H,3-11H2,1-2H3. The zero-order valence-electron chi connectivity index (χ0n) is 11.1. The molecule has 17 heavy (non-hydrogen) atoms. The SMILES string of the molecule is CCOCCN(C)CC(=O)N1CCCNCC1. The zero-order chi connectivity index (χ0) is 12.5. The average molecular weight is 243 g/mol. The largest absolute Gasteiger partial charge is 0.380 e. The van der Waals surface area contributed by atoms with Crippen LogP contribution in [0.3, 0.4) is 0 Å². The van der Waals surface area contributed by atoms with E-state index in [0.717, 1.165) is 45.8 Å². The molecule has 0 aliphatic carbocycles. The highest BCUT2D eigenvalue weighted by molar-refractivity contribution is 5.78. The van der Waals surface area contributed by atoms with Crippen LogP contribution < -0.4 is 5.32 Å². The van der Waals surface area contributed by atoms with Crippen LogP contribution in [0.15, 0.2) is 0 Å². The molecule has 0 bridgehead atoms. The van der Waals surface area contributed by atoms with Crippen molar-refractivity contribution in [1.29, 1.82) is 0 Å². The van der Waals surface area contributed by atoms with Gasteiger partial charge in [0, 0.05) is 32.8 Å². The van der Waals surface area contributed by atoms with Crippen molar-refractivity contribution in [1.82, 2.24) is 15.1 Å². The maximum atomic E-state index is 12.0. The minimum atomic E-state index is 0.229. The number of nitrogens with zero attached hydrogens (tertiary/aromatic N) is 2. The number of likely N-dealkylation sites (N-methyl/N-ethyl adjacent to an activating group) is 1. The molecule has 0 aromatic carbocycles. The fourth-order valence-electron chi connectivity index (χ4n) is 1.87. The molecule has 0 radical (unpaired) electrons.